The van der Waals surface area contributed by atoms with E-state index < -0.39 is 17.7 Å². The molecule has 2 aromatic rings. The van der Waals surface area contributed by atoms with E-state index in [2.05, 4.69) is 0 Å². The number of ketones is 1. The Hall–Kier alpha value is -3.32. The van der Waals surface area contributed by atoms with Gasteiger partial charge >= 0.3 is 0 Å². The Morgan fingerprint density at radius 2 is 1.77 bits per heavy atom. The van der Waals surface area contributed by atoms with E-state index in [-0.39, 0.29) is 24.5 Å². The molecule has 1 aliphatic heterocycles. The molecule has 1 heterocycles. The van der Waals surface area contributed by atoms with Crippen LogP contribution in [0.15, 0.2) is 54.1 Å². The van der Waals surface area contributed by atoms with E-state index in [1.807, 2.05) is 6.92 Å². The highest BCUT2D eigenvalue weighted by Gasteiger charge is 2.45. The molecule has 0 aromatic heterocycles. The smallest absolute Gasteiger partial charge is 0.295 e. The Balaban J connectivity index is 2.08. The third-order valence-corrected chi connectivity index (χ3v) is 5.09. The van der Waals surface area contributed by atoms with Crippen molar-refractivity contribution in [1.29, 1.82) is 0 Å². The SMILES string of the molecule is CCCOc1ccc(C2/C(=C(\O)c3cccc(OC)c3)C(=O)C(=O)N2CCOC)cc1. The van der Waals surface area contributed by atoms with Gasteiger partial charge in [0.25, 0.3) is 11.7 Å². The second kappa shape index (κ2) is 10.1. The maximum absolute atomic E-state index is 12.9. The Morgan fingerprint density at radius 3 is 2.42 bits per heavy atom. The van der Waals surface area contributed by atoms with E-state index in [0.29, 0.717) is 29.2 Å². The van der Waals surface area contributed by atoms with Crippen molar-refractivity contribution in [3.05, 3.63) is 65.2 Å². The van der Waals surface area contributed by atoms with Crippen molar-refractivity contribution in [3.63, 3.8) is 0 Å². The highest BCUT2D eigenvalue weighted by atomic mass is 16.5. The summed E-state index contributed by atoms with van der Waals surface area (Å²) in [5, 5.41) is 11.0. The molecule has 3 rings (SSSR count). The van der Waals surface area contributed by atoms with Gasteiger partial charge in [-0.05, 0) is 36.2 Å². The van der Waals surface area contributed by atoms with Gasteiger partial charge < -0.3 is 24.2 Å². The molecule has 2 aromatic carbocycles. The average molecular weight is 425 g/mol. The number of carbonyl (C=O) groups excluding carboxylic acids is 2. The second-order valence-corrected chi connectivity index (χ2v) is 7.13. The molecule has 1 amide bonds. The summed E-state index contributed by atoms with van der Waals surface area (Å²) in [5.41, 5.74) is 1.14. The number of methoxy groups -OCH3 is 2. The molecule has 7 nitrogen and oxygen atoms in total. The minimum absolute atomic E-state index is 0.0385. The first-order valence-electron chi connectivity index (χ1n) is 10.2. The Morgan fingerprint density at radius 1 is 1.03 bits per heavy atom. The zero-order valence-electron chi connectivity index (χ0n) is 18.0. The molecular formula is C24H27NO6. The molecule has 31 heavy (non-hydrogen) atoms. The van der Waals surface area contributed by atoms with Crippen LogP contribution in [0, 0.1) is 0 Å². The van der Waals surface area contributed by atoms with Crippen LogP contribution >= 0.6 is 0 Å². The monoisotopic (exact) mass is 425 g/mol. The van der Waals surface area contributed by atoms with Crippen LogP contribution in [0.5, 0.6) is 11.5 Å². The molecule has 0 radical (unpaired) electrons. The Labute approximate surface area is 181 Å². The number of rotatable bonds is 9. The standard InChI is InChI=1S/C24H27NO6/c1-4-13-31-18-10-8-16(9-11-18)21-20(23(27)24(28)25(21)12-14-29-2)22(26)17-6-5-7-19(15-17)30-3/h5-11,15,21,26H,4,12-14H2,1-3H3/b22-20+. The van der Waals surface area contributed by atoms with E-state index in [4.69, 9.17) is 14.2 Å². The lowest BCUT2D eigenvalue weighted by Gasteiger charge is -2.25. The lowest BCUT2D eigenvalue weighted by atomic mass is 9.95. The molecule has 7 heteroatoms. The van der Waals surface area contributed by atoms with Crippen LogP contribution in [-0.4, -0.2) is 55.7 Å². The number of ether oxygens (including phenoxy) is 3. The average Bonchev–Trinajstić information content (AvgIpc) is 3.06. The highest BCUT2D eigenvalue weighted by molar-refractivity contribution is 6.46. The molecule has 1 N–H and O–H groups in total. The van der Waals surface area contributed by atoms with Crippen LogP contribution in [-0.2, 0) is 14.3 Å². The van der Waals surface area contributed by atoms with E-state index >= 15 is 0 Å². The quantitative estimate of drug-likeness (QED) is 0.376. The fraction of sp³-hybridized carbons (Fsp3) is 0.333. The van der Waals surface area contributed by atoms with Crippen LogP contribution in [0.1, 0.15) is 30.5 Å². The summed E-state index contributed by atoms with van der Waals surface area (Å²) in [6, 6.07) is 13.2. The van der Waals surface area contributed by atoms with Crippen molar-refractivity contribution < 1.29 is 28.9 Å². The van der Waals surface area contributed by atoms with Crippen molar-refractivity contribution in [2.45, 2.75) is 19.4 Å². The molecule has 0 spiro atoms. The second-order valence-electron chi connectivity index (χ2n) is 7.13. The lowest BCUT2D eigenvalue weighted by molar-refractivity contribution is -0.140. The van der Waals surface area contributed by atoms with Gasteiger partial charge in [0, 0.05) is 19.2 Å². The molecule has 1 atom stereocenters. The topological polar surface area (TPSA) is 85.3 Å². The van der Waals surface area contributed by atoms with E-state index in [1.54, 1.807) is 48.5 Å². The third kappa shape index (κ3) is 4.72. The molecular weight excluding hydrogens is 398 g/mol. The number of aliphatic hydroxyl groups is 1. The molecule has 0 saturated carbocycles. The predicted octanol–water partition coefficient (Wildman–Crippen LogP) is 3.55. The molecule has 1 saturated heterocycles. The summed E-state index contributed by atoms with van der Waals surface area (Å²) in [7, 11) is 3.05. The van der Waals surface area contributed by atoms with Crippen molar-refractivity contribution >= 4 is 17.4 Å². The Bertz CT molecular complexity index is 966. The number of benzene rings is 2. The van der Waals surface area contributed by atoms with Gasteiger partial charge in [-0.3, -0.25) is 9.59 Å². The molecule has 0 aliphatic carbocycles. The van der Waals surface area contributed by atoms with Crippen LogP contribution < -0.4 is 9.47 Å². The van der Waals surface area contributed by atoms with E-state index in [1.165, 1.54) is 19.1 Å². The van der Waals surface area contributed by atoms with Gasteiger partial charge in [0.05, 0.1) is 31.9 Å². The van der Waals surface area contributed by atoms with Gasteiger partial charge in [0.2, 0.25) is 0 Å². The van der Waals surface area contributed by atoms with E-state index in [0.717, 1.165) is 6.42 Å². The number of nitrogens with zero attached hydrogens (tertiary/aromatic N) is 1. The third-order valence-electron chi connectivity index (χ3n) is 5.09. The van der Waals surface area contributed by atoms with Gasteiger partial charge in [-0.25, -0.2) is 0 Å². The lowest BCUT2D eigenvalue weighted by Crippen LogP contribution is -2.32. The van der Waals surface area contributed by atoms with Gasteiger partial charge in [-0.15, -0.1) is 0 Å². The first kappa shape index (κ1) is 22.4. The number of amides is 1. The van der Waals surface area contributed by atoms with Gasteiger partial charge in [0.15, 0.2) is 0 Å². The van der Waals surface area contributed by atoms with Crippen LogP contribution in [0.25, 0.3) is 5.76 Å². The van der Waals surface area contributed by atoms with Crippen molar-refractivity contribution in [1.82, 2.24) is 4.90 Å². The molecule has 0 bridgehead atoms. The van der Waals surface area contributed by atoms with Crippen molar-refractivity contribution in [2.75, 3.05) is 34.0 Å². The molecule has 1 fully saturated rings. The summed E-state index contributed by atoms with van der Waals surface area (Å²) in [6.07, 6.45) is 0.888. The fourth-order valence-electron chi connectivity index (χ4n) is 3.54. The minimum atomic E-state index is -0.735. The number of Topliss-reactive ketones (excluding diaryl/α,β-unsaturated/α-hetero) is 1. The molecule has 164 valence electrons. The van der Waals surface area contributed by atoms with Gasteiger partial charge in [-0.1, -0.05) is 31.2 Å². The predicted molar refractivity (Wildman–Crippen MR) is 116 cm³/mol. The van der Waals surface area contributed by atoms with E-state index in [9.17, 15) is 14.7 Å². The van der Waals surface area contributed by atoms with Gasteiger partial charge in [0.1, 0.15) is 17.3 Å². The van der Waals surface area contributed by atoms with Crippen molar-refractivity contribution in [2.24, 2.45) is 0 Å². The molecule has 1 unspecified atom stereocenters. The summed E-state index contributed by atoms with van der Waals surface area (Å²) < 4.78 is 16.0. The first-order chi connectivity index (χ1) is 15.0. The number of aliphatic hydroxyl groups excluding tert-OH is 1. The number of hydrogen-bond acceptors (Lipinski definition) is 6. The zero-order valence-corrected chi connectivity index (χ0v) is 18.0. The summed E-state index contributed by atoms with van der Waals surface area (Å²) in [4.78, 5) is 27.2. The number of hydrogen-bond donors (Lipinski definition) is 1. The van der Waals surface area contributed by atoms with Crippen LogP contribution in [0.4, 0.5) is 0 Å². The summed E-state index contributed by atoms with van der Waals surface area (Å²) >= 11 is 0. The zero-order chi connectivity index (χ0) is 22.4. The first-order valence-corrected chi connectivity index (χ1v) is 10.2. The van der Waals surface area contributed by atoms with Gasteiger partial charge in [-0.2, -0.15) is 0 Å². The maximum Gasteiger partial charge on any atom is 0.295 e. The maximum atomic E-state index is 12.9. The normalized spacial score (nSPS) is 17.8. The van der Waals surface area contributed by atoms with Crippen LogP contribution in [0.2, 0.25) is 0 Å². The highest BCUT2D eigenvalue weighted by Crippen LogP contribution is 2.40. The minimum Gasteiger partial charge on any atom is -0.507 e. The largest absolute Gasteiger partial charge is 0.507 e. The number of carbonyl (C=O) groups is 2. The van der Waals surface area contributed by atoms with Crippen molar-refractivity contribution in [3.8, 4) is 11.5 Å². The summed E-state index contributed by atoms with van der Waals surface area (Å²) in [5.74, 6) is -0.405. The fourth-order valence-corrected chi connectivity index (χ4v) is 3.54. The summed E-state index contributed by atoms with van der Waals surface area (Å²) in [6.45, 7) is 3.10. The molecule has 1 aliphatic rings. The van der Waals surface area contributed by atoms with Crippen LogP contribution in [0.3, 0.4) is 0 Å². The Kier molecular flexibility index (Phi) is 7.31. The number of likely N-dealkylation sites (tertiary alicyclic amines) is 1.